The summed E-state index contributed by atoms with van der Waals surface area (Å²) in [5.41, 5.74) is -6.00. The molecule has 11 atom stereocenters. The molecule has 1 spiro atoms. The number of hydrogen-bond acceptors (Lipinski definition) is 17. The van der Waals surface area contributed by atoms with Crippen molar-refractivity contribution in [2.24, 2.45) is 28.1 Å². The molecule has 2 amide bonds. The number of amides is 2. The minimum atomic E-state index is -2.34. The van der Waals surface area contributed by atoms with Gasteiger partial charge in [0.05, 0.1) is 18.1 Å². The fourth-order valence-corrected chi connectivity index (χ4v) is 12.8. The average Bonchev–Trinajstić information content (AvgIpc) is 1.63. The van der Waals surface area contributed by atoms with Crippen LogP contribution >= 0.6 is 0 Å². The molecule has 3 saturated carbocycles. The van der Waals surface area contributed by atoms with Gasteiger partial charge in [-0.15, -0.1) is 0 Å². The number of alkyl carbamates (subject to hydrolysis) is 1. The number of carbonyl (C=O) groups is 9. The van der Waals surface area contributed by atoms with Crippen molar-refractivity contribution >= 4 is 53.4 Å². The summed E-state index contributed by atoms with van der Waals surface area (Å²) in [6, 6.07) is 24.1. The van der Waals surface area contributed by atoms with Crippen LogP contribution in [0.25, 0.3) is 0 Å². The molecule has 5 aliphatic rings. The van der Waals surface area contributed by atoms with Crippen molar-refractivity contribution in [1.82, 2.24) is 10.6 Å². The van der Waals surface area contributed by atoms with Crippen LogP contribution in [0.3, 0.4) is 0 Å². The van der Waals surface area contributed by atoms with Crippen molar-refractivity contribution in [3.63, 3.8) is 0 Å². The van der Waals surface area contributed by atoms with E-state index in [1.54, 1.807) is 69.3 Å². The van der Waals surface area contributed by atoms with Crippen LogP contribution in [0.4, 0.5) is 4.79 Å². The van der Waals surface area contributed by atoms with Crippen LogP contribution in [0.15, 0.2) is 102 Å². The normalized spacial score (nSPS) is 27.5. The molecule has 3 aromatic rings. The first kappa shape index (κ1) is 59.9. The van der Waals surface area contributed by atoms with E-state index in [-0.39, 0.29) is 93.6 Å². The number of fused-ring (bicyclic) bond motifs is 4. The van der Waals surface area contributed by atoms with E-state index < -0.39 is 130 Å². The zero-order valence-electron chi connectivity index (χ0n) is 47.2. The molecule has 0 unspecified atom stereocenters. The summed E-state index contributed by atoms with van der Waals surface area (Å²) in [6.45, 7) is 12.6. The number of nitrogens with one attached hydrogen (secondary N) is 2. The van der Waals surface area contributed by atoms with Crippen molar-refractivity contribution in [3.8, 4) is 0 Å². The molecule has 19 nitrogen and oxygen atoms in total. The molecule has 1 heterocycles. The number of ketones is 2. The van der Waals surface area contributed by atoms with Crippen molar-refractivity contribution < 1.29 is 81.4 Å². The number of Topliss-reactive ketones (excluding diaryl/α,β-unsaturated/α-hetero) is 2. The molecule has 81 heavy (non-hydrogen) atoms. The average molecular weight is 1120 g/mol. The second kappa shape index (κ2) is 24.1. The molecule has 434 valence electrons. The number of esters is 5. The van der Waals surface area contributed by atoms with Crippen LogP contribution in [0.5, 0.6) is 0 Å². The van der Waals surface area contributed by atoms with E-state index in [9.17, 15) is 38.7 Å². The molecule has 19 heteroatoms. The van der Waals surface area contributed by atoms with Gasteiger partial charge in [-0.2, -0.15) is 0 Å². The Bertz CT molecular complexity index is 2920. The number of benzene rings is 3. The van der Waals surface area contributed by atoms with Gasteiger partial charge in [0.1, 0.15) is 42.3 Å². The van der Waals surface area contributed by atoms with Gasteiger partial charge in [-0.05, 0) is 78.3 Å². The van der Waals surface area contributed by atoms with Crippen LogP contribution in [0.1, 0.15) is 141 Å². The van der Waals surface area contributed by atoms with Gasteiger partial charge in [0.25, 0.3) is 0 Å². The molecule has 4 aliphatic carbocycles. The number of aliphatic hydroxyl groups is 1. The Morgan fingerprint density at radius 2 is 1.44 bits per heavy atom. The van der Waals surface area contributed by atoms with Gasteiger partial charge >= 0.3 is 35.9 Å². The molecule has 8 rings (SSSR count). The third-order valence-electron chi connectivity index (χ3n) is 16.7. The highest BCUT2D eigenvalue weighted by Gasteiger charge is 2.84. The lowest BCUT2D eigenvalue weighted by Gasteiger charge is -2.64. The van der Waals surface area contributed by atoms with E-state index >= 15 is 9.59 Å². The summed E-state index contributed by atoms with van der Waals surface area (Å²) in [5.74, 6) is -7.39. The van der Waals surface area contributed by atoms with Gasteiger partial charge in [0.2, 0.25) is 12.0 Å². The van der Waals surface area contributed by atoms with Crippen LogP contribution in [0.2, 0.25) is 0 Å². The third-order valence-corrected chi connectivity index (χ3v) is 16.7. The Hall–Kier alpha value is -7.25. The highest BCUT2D eigenvalue weighted by Crippen LogP contribution is 2.74. The zero-order chi connectivity index (χ0) is 58.7. The minimum Gasteiger partial charge on any atom is -0.455 e. The molecule has 3 N–H and O–H groups in total. The monoisotopic (exact) mass is 1120 g/mol. The van der Waals surface area contributed by atoms with E-state index in [0.717, 1.165) is 12.5 Å². The number of ether oxygens (including phenoxy) is 7. The Morgan fingerprint density at radius 3 is 2.06 bits per heavy atom. The maximum absolute atomic E-state index is 15.8. The van der Waals surface area contributed by atoms with E-state index in [0.29, 0.717) is 5.56 Å². The number of hydrogen-bond donors (Lipinski definition) is 3. The summed E-state index contributed by atoms with van der Waals surface area (Å²) < 4.78 is 42.7. The molecule has 2 bridgehead atoms. The number of unbranched alkanes of at least 4 members (excludes halogenated alkanes) is 1. The highest BCUT2D eigenvalue weighted by molar-refractivity contribution is 5.98. The lowest BCUT2D eigenvalue weighted by molar-refractivity contribution is -0.323. The van der Waals surface area contributed by atoms with Gasteiger partial charge in [0, 0.05) is 63.3 Å². The third kappa shape index (κ3) is 12.6. The standard InChI is InChI=1S/C62H74N2O17/c1-36-44(32-62(74)54(80-55(71)41-24-16-11-17-25-41)52-60(53(70)50(77-37(2)65)48(36)59(62,7)8)31-42(60)30-45-61(52,35-76-45)81-38(3)66)78-56(72)51(49(40-22-14-10-15-23-40)64-46(68)33-58(4,5)6)79-47(69)27-19-18-26-43(67)28-29-63-57(73)75-34-39-20-12-9-13-21-39/h9-17,20-25,42,44-45,49-52,54,74H,18-19,26-35H2,1-8H3,(H,63,73)(H,64,68)/t42-,44+,45-,49+,50-,51-,52+,54+,60-,61+,62-/m1/s1. The van der Waals surface area contributed by atoms with E-state index in [1.807, 2.05) is 51.1 Å². The van der Waals surface area contributed by atoms with Gasteiger partial charge in [-0.3, -0.25) is 28.8 Å². The highest BCUT2D eigenvalue weighted by atomic mass is 16.6. The van der Waals surface area contributed by atoms with Crippen LogP contribution in [-0.2, 0) is 73.3 Å². The second-order valence-electron chi connectivity index (χ2n) is 23.9. The first-order chi connectivity index (χ1) is 38.3. The predicted molar refractivity (Wildman–Crippen MR) is 289 cm³/mol. The zero-order valence-corrected chi connectivity index (χ0v) is 47.2. The van der Waals surface area contributed by atoms with Crippen molar-refractivity contribution in [2.75, 3.05) is 13.2 Å². The van der Waals surface area contributed by atoms with Crippen molar-refractivity contribution in [1.29, 1.82) is 0 Å². The van der Waals surface area contributed by atoms with Gasteiger partial charge in [-0.1, -0.05) is 113 Å². The maximum Gasteiger partial charge on any atom is 0.407 e. The number of rotatable bonds is 21. The molecule has 4 fully saturated rings. The van der Waals surface area contributed by atoms with Crippen molar-refractivity contribution in [3.05, 3.63) is 119 Å². The maximum atomic E-state index is 15.8. The Kier molecular flexibility index (Phi) is 17.8. The van der Waals surface area contributed by atoms with Gasteiger partial charge in [0.15, 0.2) is 17.5 Å². The van der Waals surface area contributed by atoms with Crippen LogP contribution in [-0.4, -0.2) is 113 Å². The first-order valence-corrected chi connectivity index (χ1v) is 27.7. The lowest BCUT2D eigenvalue weighted by atomic mass is 9.48. The fourth-order valence-electron chi connectivity index (χ4n) is 12.8. The van der Waals surface area contributed by atoms with E-state index in [1.165, 1.54) is 19.1 Å². The molecule has 3 aromatic carbocycles. The Labute approximate surface area is 471 Å². The summed E-state index contributed by atoms with van der Waals surface area (Å²) in [7, 11) is 0. The molecule has 0 aromatic heterocycles. The quantitative estimate of drug-likeness (QED) is 0.0404. The predicted octanol–water partition coefficient (Wildman–Crippen LogP) is 7.49. The summed E-state index contributed by atoms with van der Waals surface area (Å²) in [6.07, 6.45) is -8.02. The molecular weight excluding hydrogens is 1040 g/mol. The first-order valence-electron chi connectivity index (χ1n) is 27.7. The van der Waals surface area contributed by atoms with Crippen LogP contribution in [0, 0.1) is 28.1 Å². The van der Waals surface area contributed by atoms with E-state index in [4.69, 9.17) is 33.2 Å². The summed E-state index contributed by atoms with van der Waals surface area (Å²) >= 11 is 0. The Balaban J connectivity index is 1.11. The minimum absolute atomic E-state index is 0.000679. The van der Waals surface area contributed by atoms with Gasteiger partial charge in [-0.25, -0.2) is 14.4 Å². The second-order valence-corrected chi connectivity index (χ2v) is 23.9. The SMILES string of the molecule is CC(=O)O[C@H]1C(=O)[C@]23C[C@H]2C[C@H]2OC[C@@]2(OC(C)=O)[C@H]3[C@H](OC(=O)c2ccccc2)[C@]2(O)C[C@H](OC(=O)[C@H](OC(=O)CCCCC(=O)CCNC(=O)OCc3ccccc3)[C@@H](NC(=O)CC(C)(C)C)c3ccccc3)C(C)=C1C2(C)C. The molecule has 1 aliphatic heterocycles. The lowest BCUT2D eigenvalue weighted by Crippen LogP contribution is -2.78. The Morgan fingerprint density at radius 1 is 0.802 bits per heavy atom. The number of carbonyl (C=O) groups excluding carboxylic acids is 9. The topological polar surface area (TPSA) is 263 Å². The largest absolute Gasteiger partial charge is 0.455 e. The molecular formula is C62H74N2O17. The molecule has 1 saturated heterocycles. The summed E-state index contributed by atoms with van der Waals surface area (Å²) in [5, 5.41) is 19.5. The van der Waals surface area contributed by atoms with Crippen LogP contribution < -0.4 is 10.6 Å². The van der Waals surface area contributed by atoms with E-state index in [2.05, 4.69) is 10.6 Å². The molecule has 0 radical (unpaired) electrons. The van der Waals surface area contributed by atoms with Gasteiger partial charge < -0.3 is 48.9 Å². The fraction of sp³-hybridized carbons (Fsp3) is 0.532. The smallest absolute Gasteiger partial charge is 0.407 e. The summed E-state index contributed by atoms with van der Waals surface area (Å²) in [4.78, 5) is 125. The van der Waals surface area contributed by atoms with Crippen molar-refractivity contribution in [2.45, 2.75) is 168 Å².